The number of benzene rings is 1. The van der Waals surface area contributed by atoms with Crippen LogP contribution in [0, 0.1) is 13.8 Å². The minimum Gasteiger partial charge on any atom is -0.493 e. The van der Waals surface area contributed by atoms with E-state index in [0.717, 1.165) is 5.56 Å². The van der Waals surface area contributed by atoms with Gasteiger partial charge in [0, 0.05) is 6.54 Å². The molecule has 2 rings (SSSR count). The van der Waals surface area contributed by atoms with Gasteiger partial charge in [-0.05, 0) is 37.6 Å². The Kier molecular flexibility index (Phi) is 6.70. The fourth-order valence-corrected chi connectivity index (χ4v) is 2.61. The lowest BCUT2D eigenvalue weighted by molar-refractivity contribution is -0.120. The molecule has 0 aliphatic rings. The third kappa shape index (κ3) is 4.93. The number of furan rings is 1. The van der Waals surface area contributed by atoms with Crippen molar-refractivity contribution in [3.05, 3.63) is 40.8 Å². The maximum absolute atomic E-state index is 12.1. The van der Waals surface area contributed by atoms with Crippen molar-refractivity contribution in [2.24, 2.45) is 0 Å². The molecule has 0 spiro atoms. The summed E-state index contributed by atoms with van der Waals surface area (Å²) in [6.07, 6.45) is 0. The highest BCUT2D eigenvalue weighted by molar-refractivity contribution is 5.97. The Morgan fingerprint density at radius 3 is 2.07 bits per heavy atom. The average molecular weight is 376 g/mol. The molecule has 0 bridgehead atoms. The van der Waals surface area contributed by atoms with Crippen LogP contribution in [0.2, 0.25) is 0 Å². The van der Waals surface area contributed by atoms with Crippen molar-refractivity contribution in [3.63, 3.8) is 0 Å². The molecule has 2 aromatic rings. The minimum atomic E-state index is -0.354. The number of nitrogens with one attached hydrogen (secondary N) is 2. The number of hydrogen-bond donors (Lipinski definition) is 2. The largest absolute Gasteiger partial charge is 0.493 e. The zero-order chi connectivity index (χ0) is 20.0. The Labute approximate surface area is 157 Å². The van der Waals surface area contributed by atoms with Crippen LogP contribution in [-0.4, -0.2) is 39.7 Å². The first-order valence-corrected chi connectivity index (χ1v) is 8.30. The molecule has 0 saturated carbocycles. The second kappa shape index (κ2) is 8.98. The summed E-state index contributed by atoms with van der Waals surface area (Å²) in [5.41, 5.74) is 1.19. The Morgan fingerprint density at radius 1 is 0.963 bits per heavy atom. The Hall–Kier alpha value is -3.16. The van der Waals surface area contributed by atoms with E-state index in [1.165, 1.54) is 21.3 Å². The summed E-state index contributed by atoms with van der Waals surface area (Å²) in [5.74, 6) is 1.96. The highest BCUT2D eigenvalue weighted by Gasteiger charge is 2.15. The van der Waals surface area contributed by atoms with Crippen LogP contribution in [0.5, 0.6) is 17.2 Å². The molecule has 0 aliphatic carbocycles. The molecule has 8 nitrogen and oxygen atoms in total. The van der Waals surface area contributed by atoms with E-state index in [1.807, 2.05) is 0 Å². The second-order valence-electron chi connectivity index (χ2n) is 5.82. The van der Waals surface area contributed by atoms with Crippen LogP contribution in [0.1, 0.15) is 27.4 Å². The summed E-state index contributed by atoms with van der Waals surface area (Å²) in [7, 11) is 4.57. The summed E-state index contributed by atoms with van der Waals surface area (Å²) in [6.45, 7) is 3.56. The molecule has 0 saturated heterocycles. The van der Waals surface area contributed by atoms with Gasteiger partial charge in [0.2, 0.25) is 11.7 Å². The second-order valence-corrected chi connectivity index (χ2v) is 5.82. The molecule has 1 aromatic carbocycles. The number of carbonyl (C=O) groups excluding carboxylic acids is 2. The maximum atomic E-state index is 12.1. The molecular weight excluding hydrogens is 352 g/mol. The average Bonchev–Trinajstić information content (AvgIpc) is 3.01. The van der Waals surface area contributed by atoms with Gasteiger partial charge in [0.1, 0.15) is 11.5 Å². The lowest BCUT2D eigenvalue weighted by Crippen LogP contribution is -2.36. The number of ether oxygens (including phenoxy) is 3. The van der Waals surface area contributed by atoms with Crippen molar-refractivity contribution in [1.82, 2.24) is 10.6 Å². The summed E-state index contributed by atoms with van der Waals surface area (Å²) in [4.78, 5) is 24.1. The molecule has 0 aliphatic heterocycles. The molecule has 1 heterocycles. The molecule has 0 radical (unpaired) electrons. The molecule has 8 heteroatoms. The highest BCUT2D eigenvalue weighted by atomic mass is 16.5. The van der Waals surface area contributed by atoms with E-state index in [1.54, 1.807) is 32.0 Å². The first-order valence-electron chi connectivity index (χ1n) is 8.30. The van der Waals surface area contributed by atoms with Crippen molar-refractivity contribution in [2.75, 3.05) is 27.9 Å². The van der Waals surface area contributed by atoms with Crippen LogP contribution < -0.4 is 24.8 Å². The van der Waals surface area contributed by atoms with Crippen molar-refractivity contribution < 1.29 is 28.2 Å². The van der Waals surface area contributed by atoms with Crippen molar-refractivity contribution in [2.45, 2.75) is 20.4 Å². The fourth-order valence-electron chi connectivity index (χ4n) is 2.61. The first-order chi connectivity index (χ1) is 12.9. The normalized spacial score (nSPS) is 10.3. The van der Waals surface area contributed by atoms with Crippen LogP contribution >= 0.6 is 0 Å². The summed E-state index contributed by atoms with van der Waals surface area (Å²) >= 11 is 0. The highest BCUT2D eigenvalue weighted by Crippen LogP contribution is 2.38. The van der Waals surface area contributed by atoms with Gasteiger partial charge in [0.05, 0.1) is 33.4 Å². The van der Waals surface area contributed by atoms with E-state index < -0.39 is 0 Å². The van der Waals surface area contributed by atoms with Crippen LogP contribution in [0.25, 0.3) is 0 Å². The van der Waals surface area contributed by atoms with Gasteiger partial charge in [0.25, 0.3) is 5.91 Å². The fraction of sp³-hybridized carbons (Fsp3) is 0.368. The quantitative estimate of drug-likeness (QED) is 0.731. The zero-order valence-electron chi connectivity index (χ0n) is 16.1. The van der Waals surface area contributed by atoms with E-state index in [-0.39, 0.29) is 24.9 Å². The Bertz CT molecular complexity index is 803. The lowest BCUT2D eigenvalue weighted by Gasteiger charge is -2.14. The minimum absolute atomic E-state index is 0.146. The number of amides is 2. The van der Waals surface area contributed by atoms with Gasteiger partial charge in [-0.25, -0.2) is 0 Å². The number of methoxy groups -OCH3 is 3. The molecule has 2 N–H and O–H groups in total. The van der Waals surface area contributed by atoms with Gasteiger partial charge in [-0.3, -0.25) is 9.59 Å². The van der Waals surface area contributed by atoms with E-state index in [2.05, 4.69) is 10.6 Å². The van der Waals surface area contributed by atoms with E-state index in [9.17, 15) is 9.59 Å². The third-order valence-corrected chi connectivity index (χ3v) is 3.91. The SMILES string of the molecule is COc1cc(CNC(=O)CNC(=O)c2cc(C)oc2C)cc(OC)c1OC. The predicted octanol–water partition coefficient (Wildman–Crippen LogP) is 1.97. The molecule has 27 heavy (non-hydrogen) atoms. The summed E-state index contributed by atoms with van der Waals surface area (Å²) in [5, 5.41) is 5.31. The monoisotopic (exact) mass is 376 g/mol. The van der Waals surface area contributed by atoms with Crippen LogP contribution in [0.15, 0.2) is 22.6 Å². The van der Waals surface area contributed by atoms with Crippen molar-refractivity contribution >= 4 is 11.8 Å². The van der Waals surface area contributed by atoms with Gasteiger partial charge in [-0.1, -0.05) is 0 Å². The first kappa shape index (κ1) is 20.2. The summed E-state index contributed by atoms with van der Waals surface area (Å²) in [6, 6.07) is 5.13. The molecule has 0 atom stereocenters. The van der Waals surface area contributed by atoms with Gasteiger partial charge in [-0.2, -0.15) is 0 Å². The molecule has 1 aromatic heterocycles. The topological polar surface area (TPSA) is 99.0 Å². The number of aryl methyl sites for hydroxylation is 2. The number of hydrogen-bond acceptors (Lipinski definition) is 6. The van der Waals surface area contributed by atoms with E-state index in [0.29, 0.717) is 34.3 Å². The van der Waals surface area contributed by atoms with Crippen LogP contribution in [0.4, 0.5) is 0 Å². The number of rotatable bonds is 8. The smallest absolute Gasteiger partial charge is 0.255 e. The van der Waals surface area contributed by atoms with Gasteiger partial charge < -0.3 is 29.3 Å². The van der Waals surface area contributed by atoms with Gasteiger partial charge in [-0.15, -0.1) is 0 Å². The Morgan fingerprint density at radius 2 is 1.59 bits per heavy atom. The van der Waals surface area contributed by atoms with E-state index >= 15 is 0 Å². The van der Waals surface area contributed by atoms with E-state index in [4.69, 9.17) is 18.6 Å². The van der Waals surface area contributed by atoms with Crippen LogP contribution in [-0.2, 0) is 11.3 Å². The number of carbonyl (C=O) groups is 2. The van der Waals surface area contributed by atoms with Crippen molar-refractivity contribution in [1.29, 1.82) is 0 Å². The molecular formula is C19H24N2O6. The van der Waals surface area contributed by atoms with Crippen LogP contribution in [0.3, 0.4) is 0 Å². The molecule has 0 fully saturated rings. The van der Waals surface area contributed by atoms with Gasteiger partial charge in [0.15, 0.2) is 11.5 Å². The summed E-state index contributed by atoms with van der Waals surface area (Å²) < 4.78 is 21.1. The standard InChI is InChI=1S/C19H24N2O6/c1-11-6-14(12(2)27-11)19(23)21-10-17(22)20-9-13-7-15(24-3)18(26-5)16(8-13)25-4/h6-8H,9-10H2,1-5H3,(H,20,22)(H,21,23). The predicted molar refractivity (Wildman–Crippen MR) is 98.5 cm³/mol. The molecule has 2 amide bonds. The Balaban J connectivity index is 1.93. The third-order valence-electron chi connectivity index (χ3n) is 3.91. The lowest BCUT2D eigenvalue weighted by atomic mass is 10.1. The van der Waals surface area contributed by atoms with Gasteiger partial charge >= 0.3 is 0 Å². The molecule has 0 unspecified atom stereocenters. The zero-order valence-corrected chi connectivity index (χ0v) is 16.1. The molecule has 146 valence electrons. The maximum Gasteiger partial charge on any atom is 0.255 e. The van der Waals surface area contributed by atoms with Crippen molar-refractivity contribution in [3.8, 4) is 17.2 Å².